The molecule has 0 saturated heterocycles. The van der Waals surface area contributed by atoms with Gasteiger partial charge in [-0.05, 0) is 48.1 Å². The predicted molar refractivity (Wildman–Crippen MR) is 73.1 cm³/mol. The fourth-order valence-electron chi connectivity index (χ4n) is 4.16. The van der Waals surface area contributed by atoms with E-state index in [4.69, 9.17) is 0 Å². The average Bonchev–Trinajstić information content (AvgIpc) is 2.63. The molecule has 0 aromatic heterocycles. The maximum absolute atomic E-state index is 3.77. The minimum Gasteiger partial charge on any atom is -0.382 e. The predicted octanol–water partition coefficient (Wildman–Crippen LogP) is 4.31. The van der Waals surface area contributed by atoms with E-state index in [0.29, 0.717) is 16.9 Å². The first-order valence-corrected chi connectivity index (χ1v) is 6.86. The Morgan fingerprint density at radius 3 is 2.35 bits per heavy atom. The van der Waals surface area contributed by atoms with Gasteiger partial charge in [0.2, 0.25) is 0 Å². The summed E-state index contributed by atoms with van der Waals surface area (Å²) in [6.07, 6.45) is 4.16. The second-order valence-corrected chi connectivity index (χ2v) is 6.67. The molecular weight excluding hydrogens is 206 g/mol. The topological polar surface area (TPSA) is 12.0 Å². The Hall–Kier alpha value is -0.980. The SMILES string of the molecule is CC1(C)[C@@H]2CC[C@]1(C)[C@@H](Nc1ccccc1)C2. The Balaban J connectivity index is 1.83. The molecule has 92 valence electrons. The van der Waals surface area contributed by atoms with E-state index in [0.717, 1.165) is 5.92 Å². The fourth-order valence-corrected chi connectivity index (χ4v) is 4.16. The van der Waals surface area contributed by atoms with Crippen molar-refractivity contribution in [2.75, 3.05) is 5.32 Å². The van der Waals surface area contributed by atoms with Crippen molar-refractivity contribution in [2.24, 2.45) is 16.7 Å². The Morgan fingerprint density at radius 2 is 1.82 bits per heavy atom. The Labute approximate surface area is 105 Å². The van der Waals surface area contributed by atoms with Gasteiger partial charge < -0.3 is 5.32 Å². The number of benzene rings is 1. The van der Waals surface area contributed by atoms with Crippen LogP contribution in [0.25, 0.3) is 0 Å². The highest BCUT2D eigenvalue weighted by Gasteiger charge is 2.61. The minimum absolute atomic E-state index is 0.466. The molecule has 1 aromatic rings. The average molecular weight is 229 g/mol. The Kier molecular flexibility index (Phi) is 2.30. The van der Waals surface area contributed by atoms with Gasteiger partial charge in [-0.1, -0.05) is 39.0 Å². The summed E-state index contributed by atoms with van der Waals surface area (Å²) in [4.78, 5) is 0. The summed E-state index contributed by atoms with van der Waals surface area (Å²) in [7, 11) is 0. The first-order chi connectivity index (χ1) is 8.04. The summed E-state index contributed by atoms with van der Waals surface area (Å²) in [5.41, 5.74) is 2.24. The highest BCUT2D eigenvalue weighted by molar-refractivity contribution is 5.45. The van der Waals surface area contributed by atoms with Gasteiger partial charge in [0, 0.05) is 11.7 Å². The molecule has 17 heavy (non-hydrogen) atoms. The van der Waals surface area contributed by atoms with Gasteiger partial charge in [-0.25, -0.2) is 0 Å². The van der Waals surface area contributed by atoms with E-state index in [1.807, 2.05) is 0 Å². The van der Waals surface area contributed by atoms with Crippen LogP contribution in [-0.4, -0.2) is 6.04 Å². The van der Waals surface area contributed by atoms with Crippen molar-refractivity contribution in [3.8, 4) is 0 Å². The largest absolute Gasteiger partial charge is 0.382 e. The lowest BCUT2D eigenvalue weighted by molar-refractivity contribution is 0.142. The van der Waals surface area contributed by atoms with Crippen LogP contribution in [0.4, 0.5) is 5.69 Å². The second kappa shape index (κ2) is 3.51. The van der Waals surface area contributed by atoms with Crippen LogP contribution in [0.3, 0.4) is 0 Å². The Morgan fingerprint density at radius 1 is 1.12 bits per heavy atom. The molecule has 0 heterocycles. The fraction of sp³-hybridized carbons (Fsp3) is 0.625. The number of nitrogens with one attached hydrogen (secondary N) is 1. The van der Waals surface area contributed by atoms with Gasteiger partial charge in [0.25, 0.3) is 0 Å². The lowest BCUT2D eigenvalue weighted by atomic mass is 9.69. The van der Waals surface area contributed by atoms with Crippen molar-refractivity contribution < 1.29 is 0 Å². The van der Waals surface area contributed by atoms with Crippen LogP contribution < -0.4 is 5.32 Å². The van der Waals surface area contributed by atoms with Crippen molar-refractivity contribution in [2.45, 2.75) is 46.1 Å². The first kappa shape index (κ1) is 11.1. The van der Waals surface area contributed by atoms with Crippen LogP contribution >= 0.6 is 0 Å². The number of hydrogen-bond donors (Lipinski definition) is 1. The molecule has 0 amide bonds. The van der Waals surface area contributed by atoms with Crippen LogP contribution in [0.15, 0.2) is 30.3 Å². The van der Waals surface area contributed by atoms with Crippen molar-refractivity contribution >= 4 is 5.69 Å². The molecule has 0 spiro atoms. The highest BCUT2D eigenvalue weighted by Crippen LogP contribution is 2.65. The second-order valence-electron chi connectivity index (χ2n) is 6.67. The summed E-state index contributed by atoms with van der Waals surface area (Å²) in [6.45, 7) is 7.43. The molecule has 0 unspecified atom stereocenters. The van der Waals surface area contributed by atoms with E-state index in [1.54, 1.807) is 0 Å². The molecule has 0 aliphatic heterocycles. The van der Waals surface area contributed by atoms with Crippen molar-refractivity contribution in [3.05, 3.63) is 30.3 Å². The molecule has 0 radical (unpaired) electrons. The number of hydrogen-bond acceptors (Lipinski definition) is 1. The third kappa shape index (κ3) is 1.44. The third-order valence-electron chi connectivity index (χ3n) is 5.91. The van der Waals surface area contributed by atoms with Crippen molar-refractivity contribution in [1.29, 1.82) is 0 Å². The number of para-hydroxylation sites is 1. The van der Waals surface area contributed by atoms with Crippen molar-refractivity contribution in [3.63, 3.8) is 0 Å². The molecule has 2 aliphatic carbocycles. The lowest BCUT2D eigenvalue weighted by Gasteiger charge is -2.40. The van der Waals surface area contributed by atoms with Crippen LogP contribution in [0.2, 0.25) is 0 Å². The maximum Gasteiger partial charge on any atom is 0.0342 e. The zero-order valence-corrected chi connectivity index (χ0v) is 11.2. The van der Waals surface area contributed by atoms with E-state index >= 15 is 0 Å². The zero-order valence-electron chi connectivity index (χ0n) is 11.2. The smallest absolute Gasteiger partial charge is 0.0342 e. The molecule has 3 atom stereocenters. The molecule has 2 saturated carbocycles. The molecule has 1 aromatic carbocycles. The molecule has 2 aliphatic rings. The van der Waals surface area contributed by atoms with E-state index in [-0.39, 0.29) is 0 Å². The van der Waals surface area contributed by atoms with Gasteiger partial charge in [0.1, 0.15) is 0 Å². The van der Waals surface area contributed by atoms with E-state index in [2.05, 4.69) is 56.4 Å². The summed E-state index contributed by atoms with van der Waals surface area (Å²) in [5.74, 6) is 0.911. The van der Waals surface area contributed by atoms with Gasteiger partial charge in [-0.2, -0.15) is 0 Å². The number of anilines is 1. The monoisotopic (exact) mass is 229 g/mol. The molecule has 1 nitrogen and oxygen atoms in total. The van der Waals surface area contributed by atoms with Crippen LogP contribution in [0, 0.1) is 16.7 Å². The summed E-state index contributed by atoms with van der Waals surface area (Å²) >= 11 is 0. The normalized spacial score (nSPS) is 38.3. The first-order valence-electron chi connectivity index (χ1n) is 6.86. The maximum atomic E-state index is 3.77. The summed E-state index contributed by atoms with van der Waals surface area (Å²) < 4.78 is 0. The molecule has 3 rings (SSSR count). The molecule has 2 bridgehead atoms. The van der Waals surface area contributed by atoms with E-state index in [1.165, 1.54) is 24.9 Å². The molecule has 2 fully saturated rings. The molecule has 1 heteroatoms. The van der Waals surface area contributed by atoms with E-state index in [9.17, 15) is 0 Å². The number of rotatable bonds is 2. The van der Waals surface area contributed by atoms with Gasteiger partial charge >= 0.3 is 0 Å². The standard InChI is InChI=1S/C16H23N/c1-15(2)12-9-10-16(15,3)14(11-12)17-13-7-5-4-6-8-13/h4-8,12,14,17H,9-11H2,1-3H3/t12-,14+,16-/m1/s1. The van der Waals surface area contributed by atoms with Gasteiger partial charge in [0.15, 0.2) is 0 Å². The minimum atomic E-state index is 0.466. The quantitative estimate of drug-likeness (QED) is 0.796. The van der Waals surface area contributed by atoms with E-state index < -0.39 is 0 Å². The lowest BCUT2D eigenvalue weighted by Crippen LogP contribution is -2.40. The van der Waals surface area contributed by atoms with Gasteiger partial charge in [0.05, 0.1) is 0 Å². The number of fused-ring (bicyclic) bond motifs is 2. The van der Waals surface area contributed by atoms with Crippen LogP contribution in [0.1, 0.15) is 40.0 Å². The summed E-state index contributed by atoms with van der Waals surface area (Å²) in [5, 5.41) is 3.77. The zero-order chi connectivity index (χ0) is 12.1. The van der Waals surface area contributed by atoms with Crippen LogP contribution in [-0.2, 0) is 0 Å². The Bertz CT molecular complexity index is 409. The highest BCUT2D eigenvalue weighted by atomic mass is 15.0. The summed E-state index contributed by atoms with van der Waals surface area (Å²) in [6, 6.07) is 11.3. The van der Waals surface area contributed by atoms with Crippen molar-refractivity contribution in [1.82, 2.24) is 0 Å². The molecule has 1 N–H and O–H groups in total. The molecular formula is C16H23N. The van der Waals surface area contributed by atoms with Gasteiger partial charge in [-0.3, -0.25) is 0 Å². The van der Waals surface area contributed by atoms with Crippen LogP contribution in [0.5, 0.6) is 0 Å². The third-order valence-corrected chi connectivity index (χ3v) is 5.91. The van der Waals surface area contributed by atoms with Gasteiger partial charge in [-0.15, -0.1) is 0 Å².